The van der Waals surface area contributed by atoms with Gasteiger partial charge in [-0.3, -0.25) is 9.59 Å². The molecular formula is C14H12Br2N2O2. The highest BCUT2D eigenvalue weighted by molar-refractivity contribution is 9.11. The molecule has 2 N–H and O–H groups in total. The number of pyridine rings is 1. The van der Waals surface area contributed by atoms with Crippen LogP contribution in [0.3, 0.4) is 0 Å². The topological polar surface area (TPSA) is 62.0 Å². The summed E-state index contributed by atoms with van der Waals surface area (Å²) in [7, 11) is 0. The number of benzene rings is 1. The van der Waals surface area contributed by atoms with Gasteiger partial charge in [-0.2, -0.15) is 0 Å². The molecule has 0 radical (unpaired) electrons. The standard InChI is InChI=1S/C14H12Br2N2O2/c1-7-3-10(15)13(11(16)4-7)18-14(20)9-6-17-8(2)5-12(9)19/h3-6H,1-2H3,(H,17,19)(H,18,20). The molecule has 0 bridgehead atoms. The molecule has 1 heterocycles. The summed E-state index contributed by atoms with van der Waals surface area (Å²) in [4.78, 5) is 26.8. The van der Waals surface area contributed by atoms with Crippen LogP contribution in [-0.4, -0.2) is 10.9 Å². The van der Waals surface area contributed by atoms with Crippen LogP contribution in [0.4, 0.5) is 5.69 Å². The third-order valence-corrected chi connectivity index (χ3v) is 3.98. The first-order valence-corrected chi connectivity index (χ1v) is 7.43. The number of amides is 1. The maximum absolute atomic E-state index is 12.2. The number of aromatic nitrogens is 1. The van der Waals surface area contributed by atoms with E-state index in [1.165, 1.54) is 12.3 Å². The van der Waals surface area contributed by atoms with E-state index in [9.17, 15) is 9.59 Å². The number of nitrogens with one attached hydrogen (secondary N) is 2. The second kappa shape index (κ2) is 5.93. The summed E-state index contributed by atoms with van der Waals surface area (Å²) < 4.78 is 1.50. The maximum Gasteiger partial charge on any atom is 0.261 e. The lowest BCUT2D eigenvalue weighted by Gasteiger charge is -2.10. The Kier molecular flexibility index (Phi) is 4.45. The van der Waals surface area contributed by atoms with Gasteiger partial charge in [0.05, 0.1) is 5.69 Å². The average Bonchev–Trinajstić information content (AvgIpc) is 2.33. The Balaban J connectivity index is 2.35. The Bertz CT molecular complexity index is 715. The van der Waals surface area contributed by atoms with Gasteiger partial charge in [0.2, 0.25) is 0 Å². The lowest BCUT2D eigenvalue weighted by molar-refractivity contribution is 0.102. The molecule has 0 atom stereocenters. The first kappa shape index (κ1) is 15.0. The van der Waals surface area contributed by atoms with Crippen LogP contribution in [0.5, 0.6) is 0 Å². The zero-order valence-corrected chi connectivity index (χ0v) is 14.1. The van der Waals surface area contributed by atoms with Gasteiger partial charge in [0.1, 0.15) is 5.56 Å². The number of anilines is 1. The van der Waals surface area contributed by atoms with Gasteiger partial charge in [0.25, 0.3) is 5.91 Å². The maximum atomic E-state index is 12.2. The summed E-state index contributed by atoms with van der Waals surface area (Å²) in [5.41, 5.74) is 2.13. The molecule has 1 aromatic carbocycles. The minimum Gasteiger partial charge on any atom is -0.364 e. The Hall–Kier alpha value is -1.40. The molecule has 2 aromatic rings. The number of aryl methyl sites for hydroxylation is 2. The fraction of sp³-hybridized carbons (Fsp3) is 0.143. The number of carbonyl (C=O) groups excluding carboxylic acids is 1. The van der Waals surface area contributed by atoms with Gasteiger partial charge < -0.3 is 10.3 Å². The third-order valence-electron chi connectivity index (χ3n) is 2.73. The van der Waals surface area contributed by atoms with E-state index in [0.29, 0.717) is 11.4 Å². The van der Waals surface area contributed by atoms with Crippen LogP contribution in [0.2, 0.25) is 0 Å². The molecule has 1 aromatic heterocycles. The highest BCUT2D eigenvalue weighted by Gasteiger charge is 2.14. The van der Waals surface area contributed by atoms with Crippen LogP contribution in [0, 0.1) is 13.8 Å². The van der Waals surface area contributed by atoms with Crippen molar-refractivity contribution in [3.63, 3.8) is 0 Å². The molecule has 0 saturated heterocycles. The van der Waals surface area contributed by atoms with Crippen molar-refractivity contribution in [3.8, 4) is 0 Å². The number of rotatable bonds is 2. The minimum atomic E-state index is -0.448. The summed E-state index contributed by atoms with van der Waals surface area (Å²) in [6, 6.07) is 5.17. The van der Waals surface area contributed by atoms with E-state index in [2.05, 4.69) is 42.2 Å². The van der Waals surface area contributed by atoms with E-state index in [1.54, 1.807) is 6.92 Å². The van der Waals surface area contributed by atoms with Gasteiger partial charge >= 0.3 is 0 Å². The van der Waals surface area contributed by atoms with E-state index >= 15 is 0 Å². The highest BCUT2D eigenvalue weighted by Crippen LogP contribution is 2.32. The zero-order valence-electron chi connectivity index (χ0n) is 10.9. The molecule has 0 aliphatic heterocycles. The molecule has 104 valence electrons. The number of H-pyrrole nitrogens is 1. The Morgan fingerprint density at radius 3 is 2.30 bits per heavy atom. The van der Waals surface area contributed by atoms with E-state index in [4.69, 9.17) is 0 Å². The summed E-state index contributed by atoms with van der Waals surface area (Å²) >= 11 is 6.80. The second-order valence-electron chi connectivity index (χ2n) is 4.45. The molecule has 1 amide bonds. The van der Waals surface area contributed by atoms with Crippen molar-refractivity contribution in [3.05, 3.63) is 60.4 Å². The Morgan fingerprint density at radius 2 is 1.75 bits per heavy atom. The minimum absolute atomic E-state index is 0.0787. The van der Waals surface area contributed by atoms with Gasteiger partial charge in [-0.1, -0.05) is 0 Å². The van der Waals surface area contributed by atoms with E-state index in [1.807, 2.05) is 19.1 Å². The molecule has 2 rings (SSSR count). The zero-order chi connectivity index (χ0) is 14.9. The van der Waals surface area contributed by atoms with Crippen molar-refractivity contribution in [1.82, 2.24) is 4.98 Å². The van der Waals surface area contributed by atoms with Crippen LogP contribution in [0.15, 0.2) is 38.1 Å². The van der Waals surface area contributed by atoms with Gasteiger partial charge in [0.15, 0.2) is 5.43 Å². The molecule has 0 aliphatic rings. The molecular weight excluding hydrogens is 388 g/mol. The lowest BCUT2D eigenvalue weighted by Crippen LogP contribution is -2.22. The normalized spacial score (nSPS) is 10.4. The molecule has 0 fully saturated rings. The number of halogens is 2. The van der Waals surface area contributed by atoms with Gasteiger partial charge in [0, 0.05) is 26.9 Å². The number of aromatic amines is 1. The third kappa shape index (κ3) is 3.19. The molecule has 4 nitrogen and oxygen atoms in total. The SMILES string of the molecule is Cc1cc(Br)c(NC(=O)c2c[nH]c(C)cc2=O)c(Br)c1. The fourth-order valence-electron chi connectivity index (χ4n) is 1.75. The van der Waals surface area contributed by atoms with Gasteiger partial charge in [-0.15, -0.1) is 0 Å². The summed E-state index contributed by atoms with van der Waals surface area (Å²) in [5, 5.41) is 2.73. The van der Waals surface area contributed by atoms with Crippen molar-refractivity contribution < 1.29 is 4.79 Å². The van der Waals surface area contributed by atoms with Crippen LogP contribution in [0.1, 0.15) is 21.6 Å². The van der Waals surface area contributed by atoms with Gasteiger partial charge in [-0.25, -0.2) is 0 Å². The van der Waals surface area contributed by atoms with Gasteiger partial charge in [-0.05, 0) is 63.4 Å². The molecule has 0 aliphatic carbocycles. The molecule has 20 heavy (non-hydrogen) atoms. The quantitative estimate of drug-likeness (QED) is 0.807. The van der Waals surface area contributed by atoms with Crippen LogP contribution in [0.25, 0.3) is 0 Å². The van der Waals surface area contributed by atoms with E-state index in [0.717, 1.165) is 14.5 Å². The smallest absolute Gasteiger partial charge is 0.261 e. The first-order valence-electron chi connectivity index (χ1n) is 5.85. The molecule has 6 heteroatoms. The predicted octanol–water partition coefficient (Wildman–Crippen LogP) is 3.77. The molecule has 0 saturated carbocycles. The predicted molar refractivity (Wildman–Crippen MR) is 86.3 cm³/mol. The largest absolute Gasteiger partial charge is 0.364 e. The summed E-state index contributed by atoms with van der Waals surface area (Å²) in [6.07, 6.45) is 1.42. The van der Waals surface area contributed by atoms with Crippen molar-refractivity contribution in [2.75, 3.05) is 5.32 Å². The monoisotopic (exact) mass is 398 g/mol. The number of carbonyl (C=O) groups is 1. The van der Waals surface area contributed by atoms with E-state index < -0.39 is 5.91 Å². The van der Waals surface area contributed by atoms with E-state index in [-0.39, 0.29) is 11.0 Å². The van der Waals surface area contributed by atoms with Crippen molar-refractivity contribution in [2.24, 2.45) is 0 Å². The fourth-order valence-corrected chi connectivity index (χ4v) is 3.36. The lowest BCUT2D eigenvalue weighted by atomic mass is 10.2. The molecule has 0 unspecified atom stereocenters. The Morgan fingerprint density at radius 1 is 1.15 bits per heavy atom. The number of hydrogen-bond acceptors (Lipinski definition) is 2. The van der Waals surface area contributed by atoms with Crippen molar-refractivity contribution in [1.29, 1.82) is 0 Å². The summed E-state index contributed by atoms with van der Waals surface area (Å²) in [5.74, 6) is -0.448. The average molecular weight is 400 g/mol. The highest BCUT2D eigenvalue weighted by atomic mass is 79.9. The second-order valence-corrected chi connectivity index (χ2v) is 6.16. The van der Waals surface area contributed by atoms with Crippen LogP contribution < -0.4 is 10.7 Å². The van der Waals surface area contributed by atoms with Crippen LogP contribution in [-0.2, 0) is 0 Å². The van der Waals surface area contributed by atoms with Crippen molar-refractivity contribution >= 4 is 43.5 Å². The number of hydrogen-bond donors (Lipinski definition) is 2. The first-order chi connectivity index (χ1) is 9.38. The molecule has 0 spiro atoms. The van der Waals surface area contributed by atoms with Crippen LogP contribution >= 0.6 is 31.9 Å². The van der Waals surface area contributed by atoms with Crippen molar-refractivity contribution in [2.45, 2.75) is 13.8 Å². The summed E-state index contributed by atoms with van der Waals surface area (Å²) in [6.45, 7) is 3.71. The Labute approximate surface area is 132 Å².